The lowest BCUT2D eigenvalue weighted by Gasteiger charge is -2.47. The number of piperazine rings is 1. The zero-order chi connectivity index (χ0) is 38.4. The van der Waals surface area contributed by atoms with E-state index in [1.165, 1.54) is 6.42 Å². The number of carbonyl (C=O) groups is 5. The van der Waals surface area contributed by atoms with E-state index in [1.807, 2.05) is 20.8 Å². The van der Waals surface area contributed by atoms with Crippen molar-refractivity contribution in [1.82, 2.24) is 31.1 Å². The van der Waals surface area contributed by atoms with Crippen LogP contribution < -0.4 is 27.0 Å². The summed E-state index contributed by atoms with van der Waals surface area (Å²) >= 11 is 0. The number of nitrogens with zero attached hydrogens (tertiary/aromatic N) is 2. The lowest BCUT2D eigenvalue weighted by atomic mass is 9.62. The molecule has 2 aliphatic carbocycles. The summed E-state index contributed by atoms with van der Waals surface area (Å²) < 4.78 is 0. The zero-order valence-corrected chi connectivity index (χ0v) is 33.6. The summed E-state index contributed by atoms with van der Waals surface area (Å²) in [7, 11) is 0. The number of Topliss-reactive ketones (excluding diaryl/α,β-unsaturated/α-hetero) is 1. The Hall–Kier alpha value is -2.73. The van der Waals surface area contributed by atoms with Crippen LogP contribution in [0.15, 0.2) is 0 Å². The van der Waals surface area contributed by atoms with Crippen molar-refractivity contribution in [3.63, 3.8) is 0 Å². The van der Waals surface area contributed by atoms with Gasteiger partial charge in [0.25, 0.3) is 5.91 Å². The molecule has 1 heterocycles. The third kappa shape index (κ3) is 11.6. The highest BCUT2D eigenvalue weighted by atomic mass is 16.2. The Morgan fingerprint density at radius 1 is 0.863 bits per heavy atom. The molecule has 6 N–H and O–H groups in total. The van der Waals surface area contributed by atoms with Gasteiger partial charge in [-0.2, -0.15) is 0 Å². The van der Waals surface area contributed by atoms with Gasteiger partial charge in [-0.15, -0.1) is 0 Å². The van der Waals surface area contributed by atoms with Crippen LogP contribution in [-0.2, 0) is 19.2 Å². The molecule has 0 aromatic heterocycles. The van der Waals surface area contributed by atoms with Gasteiger partial charge in [-0.25, -0.2) is 4.79 Å². The number of nitrogens with one attached hydrogen (secondary N) is 4. The first-order chi connectivity index (χ1) is 23.6. The SMILES string of the molecule is CC(C)[C@@H](CN1C[C@@H](C)N[C@@H](C)C1)NC(=O)N[C@@H](C(=O)N(CC(C)C(C)(C)C1CCC1)[C@@H](C)C(=O)NC(CC1CCC1)C(=O)C(N)=O)C(C)(C)C. The molecule has 12 nitrogen and oxygen atoms in total. The van der Waals surface area contributed by atoms with E-state index in [9.17, 15) is 24.0 Å². The maximum Gasteiger partial charge on any atom is 0.315 e. The number of carbonyl (C=O) groups excluding carboxylic acids is 5. The number of urea groups is 1. The molecule has 5 amide bonds. The fourth-order valence-electron chi connectivity index (χ4n) is 7.87. The van der Waals surface area contributed by atoms with Crippen LogP contribution in [0.1, 0.15) is 121 Å². The normalized spacial score (nSPS) is 23.5. The molecule has 292 valence electrons. The summed E-state index contributed by atoms with van der Waals surface area (Å²) in [5.41, 5.74) is 4.60. The van der Waals surface area contributed by atoms with Gasteiger partial charge in [0.1, 0.15) is 12.1 Å². The van der Waals surface area contributed by atoms with Crippen molar-refractivity contribution in [2.75, 3.05) is 26.2 Å². The van der Waals surface area contributed by atoms with Crippen LogP contribution in [0.5, 0.6) is 0 Å². The van der Waals surface area contributed by atoms with Crippen LogP contribution >= 0.6 is 0 Å². The van der Waals surface area contributed by atoms with Gasteiger partial charge in [0.15, 0.2) is 0 Å². The van der Waals surface area contributed by atoms with E-state index in [1.54, 1.807) is 11.8 Å². The lowest BCUT2D eigenvalue weighted by molar-refractivity contribution is -0.146. The monoisotopic (exact) mass is 718 g/mol. The van der Waals surface area contributed by atoms with E-state index < -0.39 is 47.2 Å². The molecule has 3 rings (SSSR count). The lowest BCUT2D eigenvalue weighted by Crippen LogP contribution is -2.63. The van der Waals surface area contributed by atoms with Crippen molar-refractivity contribution in [2.24, 2.45) is 40.2 Å². The van der Waals surface area contributed by atoms with Gasteiger partial charge in [0.2, 0.25) is 17.6 Å². The van der Waals surface area contributed by atoms with Gasteiger partial charge in [-0.05, 0) is 74.5 Å². The number of ketones is 1. The zero-order valence-electron chi connectivity index (χ0n) is 33.6. The van der Waals surface area contributed by atoms with Crippen LogP contribution in [-0.4, -0.2) is 102 Å². The smallest absolute Gasteiger partial charge is 0.315 e. The first kappa shape index (κ1) is 42.7. The molecule has 2 saturated carbocycles. The summed E-state index contributed by atoms with van der Waals surface area (Å²) in [6.07, 6.45) is 6.70. The maximum atomic E-state index is 14.8. The Labute approximate surface area is 307 Å². The fraction of sp³-hybridized carbons (Fsp3) is 0.872. The average Bonchev–Trinajstić information content (AvgIpc) is 2.95. The molecular weight excluding hydrogens is 646 g/mol. The second kappa shape index (κ2) is 17.9. The van der Waals surface area contributed by atoms with Crippen molar-refractivity contribution in [1.29, 1.82) is 0 Å². The number of hydrogen-bond donors (Lipinski definition) is 5. The predicted octanol–water partition coefficient (Wildman–Crippen LogP) is 3.82. The Kier molecular flexibility index (Phi) is 14.9. The summed E-state index contributed by atoms with van der Waals surface area (Å²) in [4.78, 5) is 71.3. The molecular formula is C39H71N7O5. The molecule has 12 heteroatoms. The number of nitrogens with two attached hydrogens (primary N) is 1. The summed E-state index contributed by atoms with van der Waals surface area (Å²) in [5, 5.41) is 12.6. The number of primary amides is 1. The van der Waals surface area contributed by atoms with E-state index in [4.69, 9.17) is 5.73 Å². The van der Waals surface area contributed by atoms with Crippen molar-refractivity contribution >= 4 is 29.5 Å². The molecule has 3 fully saturated rings. The van der Waals surface area contributed by atoms with E-state index in [-0.39, 0.29) is 41.7 Å². The molecule has 1 saturated heterocycles. The predicted molar refractivity (Wildman–Crippen MR) is 202 cm³/mol. The topological polar surface area (TPSA) is 166 Å². The van der Waals surface area contributed by atoms with Crippen LogP contribution in [0.2, 0.25) is 0 Å². The molecule has 0 aromatic carbocycles. The van der Waals surface area contributed by atoms with E-state index >= 15 is 0 Å². The van der Waals surface area contributed by atoms with Crippen molar-refractivity contribution in [3.05, 3.63) is 0 Å². The minimum absolute atomic E-state index is 0.0311. The van der Waals surface area contributed by atoms with Crippen LogP contribution in [0.4, 0.5) is 4.79 Å². The molecule has 2 unspecified atom stereocenters. The van der Waals surface area contributed by atoms with Crippen molar-refractivity contribution in [3.8, 4) is 0 Å². The highest BCUT2D eigenvalue weighted by Crippen LogP contribution is 2.46. The maximum absolute atomic E-state index is 14.8. The van der Waals surface area contributed by atoms with E-state index in [0.717, 1.165) is 45.2 Å². The first-order valence-electron chi connectivity index (χ1n) is 19.6. The van der Waals surface area contributed by atoms with E-state index in [0.29, 0.717) is 31.0 Å². The molecule has 7 atom stereocenters. The second-order valence-corrected chi connectivity index (χ2v) is 18.3. The van der Waals surface area contributed by atoms with Gasteiger partial charge in [-0.1, -0.05) is 81.1 Å². The Morgan fingerprint density at radius 2 is 1.43 bits per heavy atom. The fourth-order valence-corrected chi connectivity index (χ4v) is 7.87. The minimum Gasteiger partial charge on any atom is -0.363 e. The molecule has 0 bridgehead atoms. The van der Waals surface area contributed by atoms with Gasteiger partial charge in [-0.3, -0.25) is 24.1 Å². The highest BCUT2D eigenvalue weighted by molar-refractivity contribution is 6.37. The second-order valence-electron chi connectivity index (χ2n) is 18.3. The average molecular weight is 718 g/mol. The van der Waals surface area contributed by atoms with Crippen molar-refractivity contribution < 1.29 is 24.0 Å². The van der Waals surface area contributed by atoms with Gasteiger partial charge < -0.3 is 31.9 Å². The van der Waals surface area contributed by atoms with Crippen LogP contribution in [0.25, 0.3) is 0 Å². The Bertz CT molecular complexity index is 1210. The third-order valence-corrected chi connectivity index (χ3v) is 12.3. The van der Waals surface area contributed by atoms with Crippen molar-refractivity contribution in [2.45, 2.75) is 157 Å². The molecule has 3 aliphatic rings. The standard InChI is InChI=1S/C39H71N7O5/c1-23(2)31(22-45-20-25(4)41-26(5)21-45)43-37(51)44-33(38(7,8)9)36(50)46(19-24(3)39(10,11)29-16-13-17-29)27(6)35(49)42-30(32(47)34(40)48)18-28-14-12-15-28/h23-31,33,41H,12-22H2,1-11H3,(H2,40,48)(H,42,49)(H2,43,44,51)/t24?,25-,26+,27-,30?,31+,33-/m0/s1. The van der Waals surface area contributed by atoms with Gasteiger partial charge >= 0.3 is 6.03 Å². The number of rotatable bonds is 17. The summed E-state index contributed by atoms with van der Waals surface area (Å²) in [5.74, 6) is -1.85. The third-order valence-electron chi connectivity index (χ3n) is 12.3. The summed E-state index contributed by atoms with van der Waals surface area (Å²) in [6, 6.07) is -2.83. The van der Waals surface area contributed by atoms with Crippen LogP contribution in [0.3, 0.4) is 0 Å². The number of amides is 5. The molecule has 0 aromatic rings. The molecule has 1 aliphatic heterocycles. The molecule has 51 heavy (non-hydrogen) atoms. The molecule has 0 spiro atoms. The Morgan fingerprint density at radius 3 is 1.88 bits per heavy atom. The van der Waals surface area contributed by atoms with Gasteiger partial charge in [0, 0.05) is 44.3 Å². The quantitative estimate of drug-likeness (QED) is 0.143. The van der Waals surface area contributed by atoms with Crippen LogP contribution in [0, 0.1) is 34.5 Å². The minimum atomic E-state index is -1.08. The van der Waals surface area contributed by atoms with Gasteiger partial charge in [0.05, 0.1) is 6.04 Å². The Balaban J connectivity index is 1.86. The largest absolute Gasteiger partial charge is 0.363 e. The molecule has 0 radical (unpaired) electrons. The van der Waals surface area contributed by atoms with E-state index in [2.05, 4.69) is 74.6 Å². The highest BCUT2D eigenvalue weighted by Gasteiger charge is 2.44. The first-order valence-corrected chi connectivity index (χ1v) is 19.6. The summed E-state index contributed by atoms with van der Waals surface area (Å²) in [6.45, 7) is 25.2. The number of hydrogen-bond acceptors (Lipinski definition) is 7.